The molecule has 0 bridgehead atoms. The van der Waals surface area contributed by atoms with Crippen LogP contribution in [0.15, 0.2) is 24.3 Å². The van der Waals surface area contributed by atoms with Crippen molar-refractivity contribution < 1.29 is 9.53 Å². The zero-order valence-electron chi connectivity index (χ0n) is 11.7. The standard InChI is InChI=1S/C15H22N2O2/c1-16-11-13-4-3-9-17(13)15(18)10-12-5-7-14(19-2)8-6-12/h5-8,13,16H,3-4,9-11H2,1-2H3/t13-/m1/s1. The molecule has 19 heavy (non-hydrogen) atoms. The highest BCUT2D eigenvalue weighted by molar-refractivity contribution is 5.79. The fourth-order valence-electron chi connectivity index (χ4n) is 2.63. The summed E-state index contributed by atoms with van der Waals surface area (Å²) in [6, 6.07) is 8.07. The minimum Gasteiger partial charge on any atom is -0.497 e. The number of benzene rings is 1. The molecule has 1 saturated heterocycles. The molecule has 1 aromatic rings. The van der Waals surface area contributed by atoms with Crippen molar-refractivity contribution in [2.75, 3.05) is 27.2 Å². The summed E-state index contributed by atoms with van der Waals surface area (Å²) in [5, 5.41) is 3.16. The molecular weight excluding hydrogens is 240 g/mol. The van der Waals surface area contributed by atoms with E-state index in [0.29, 0.717) is 12.5 Å². The first kappa shape index (κ1) is 13.9. The maximum Gasteiger partial charge on any atom is 0.227 e. The van der Waals surface area contributed by atoms with Crippen molar-refractivity contribution in [3.8, 4) is 5.75 Å². The van der Waals surface area contributed by atoms with Gasteiger partial charge in [0.05, 0.1) is 13.5 Å². The fourth-order valence-corrected chi connectivity index (χ4v) is 2.63. The molecule has 4 nitrogen and oxygen atoms in total. The molecule has 1 heterocycles. The van der Waals surface area contributed by atoms with E-state index in [1.54, 1.807) is 7.11 Å². The summed E-state index contributed by atoms with van der Waals surface area (Å²) in [7, 11) is 3.58. The second kappa shape index (κ2) is 6.57. The van der Waals surface area contributed by atoms with Crippen molar-refractivity contribution in [1.82, 2.24) is 10.2 Å². The molecule has 0 unspecified atom stereocenters. The van der Waals surface area contributed by atoms with E-state index in [2.05, 4.69) is 5.32 Å². The number of nitrogens with zero attached hydrogens (tertiary/aromatic N) is 1. The van der Waals surface area contributed by atoms with E-state index >= 15 is 0 Å². The highest BCUT2D eigenvalue weighted by atomic mass is 16.5. The van der Waals surface area contributed by atoms with Crippen LogP contribution in [0.4, 0.5) is 0 Å². The normalized spacial score (nSPS) is 18.6. The fraction of sp³-hybridized carbons (Fsp3) is 0.533. The first-order valence-corrected chi connectivity index (χ1v) is 6.81. The lowest BCUT2D eigenvalue weighted by atomic mass is 10.1. The molecule has 1 aliphatic rings. The number of hydrogen-bond donors (Lipinski definition) is 1. The zero-order valence-corrected chi connectivity index (χ0v) is 11.7. The summed E-state index contributed by atoms with van der Waals surface area (Å²) in [6.45, 7) is 1.77. The van der Waals surface area contributed by atoms with Crippen molar-refractivity contribution in [2.45, 2.75) is 25.3 Å². The van der Waals surface area contributed by atoms with E-state index in [1.807, 2.05) is 36.2 Å². The SMILES string of the molecule is CNC[C@H]1CCCN1C(=O)Cc1ccc(OC)cc1. The summed E-state index contributed by atoms with van der Waals surface area (Å²) in [6.07, 6.45) is 2.69. The van der Waals surface area contributed by atoms with Gasteiger partial charge in [0.25, 0.3) is 0 Å². The Bertz CT molecular complexity index is 417. The molecule has 4 heteroatoms. The van der Waals surface area contributed by atoms with E-state index in [-0.39, 0.29) is 5.91 Å². The van der Waals surface area contributed by atoms with E-state index in [9.17, 15) is 4.79 Å². The van der Waals surface area contributed by atoms with Gasteiger partial charge in [0, 0.05) is 19.1 Å². The van der Waals surface area contributed by atoms with Crippen LogP contribution >= 0.6 is 0 Å². The van der Waals surface area contributed by atoms with Crippen LogP contribution < -0.4 is 10.1 Å². The number of methoxy groups -OCH3 is 1. The molecule has 1 aromatic carbocycles. The molecule has 104 valence electrons. The van der Waals surface area contributed by atoms with Gasteiger partial charge in [0.1, 0.15) is 5.75 Å². The second-order valence-corrected chi connectivity index (χ2v) is 4.97. The van der Waals surface area contributed by atoms with Crippen molar-refractivity contribution in [1.29, 1.82) is 0 Å². The van der Waals surface area contributed by atoms with E-state index in [1.165, 1.54) is 0 Å². The Labute approximate surface area is 114 Å². The molecule has 1 amide bonds. The van der Waals surface area contributed by atoms with Gasteiger partial charge in [-0.3, -0.25) is 4.79 Å². The molecule has 0 saturated carbocycles. The maximum absolute atomic E-state index is 12.3. The summed E-state index contributed by atoms with van der Waals surface area (Å²) in [4.78, 5) is 14.3. The molecule has 1 atom stereocenters. The molecule has 0 aromatic heterocycles. The van der Waals surface area contributed by atoms with E-state index in [4.69, 9.17) is 4.74 Å². The number of nitrogens with one attached hydrogen (secondary N) is 1. The third-order valence-corrected chi connectivity index (χ3v) is 3.65. The Morgan fingerprint density at radius 2 is 2.16 bits per heavy atom. The molecule has 1 N–H and O–H groups in total. The average Bonchev–Trinajstić information content (AvgIpc) is 2.88. The smallest absolute Gasteiger partial charge is 0.227 e. The van der Waals surface area contributed by atoms with E-state index in [0.717, 1.165) is 37.2 Å². The second-order valence-electron chi connectivity index (χ2n) is 4.97. The Kier molecular flexibility index (Phi) is 4.80. The van der Waals surface area contributed by atoms with Crippen molar-refractivity contribution in [3.05, 3.63) is 29.8 Å². The Balaban J connectivity index is 1.95. The lowest BCUT2D eigenvalue weighted by molar-refractivity contribution is -0.131. The summed E-state index contributed by atoms with van der Waals surface area (Å²) >= 11 is 0. The van der Waals surface area contributed by atoms with Crippen molar-refractivity contribution in [3.63, 3.8) is 0 Å². The predicted octanol–water partition coefficient (Wildman–Crippen LogP) is 1.45. The van der Waals surface area contributed by atoms with Gasteiger partial charge in [-0.15, -0.1) is 0 Å². The van der Waals surface area contributed by atoms with Crippen LogP contribution in [-0.4, -0.2) is 44.1 Å². The monoisotopic (exact) mass is 262 g/mol. The number of carbonyl (C=O) groups excluding carboxylic acids is 1. The van der Waals surface area contributed by atoms with Gasteiger partial charge in [-0.1, -0.05) is 12.1 Å². The van der Waals surface area contributed by atoms with Gasteiger partial charge in [-0.05, 0) is 37.6 Å². The largest absolute Gasteiger partial charge is 0.497 e. The molecular formula is C15H22N2O2. The molecule has 0 aliphatic carbocycles. The van der Waals surface area contributed by atoms with Crippen LogP contribution in [0.5, 0.6) is 5.75 Å². The highest BCUT2D eigenvalue weighted by Crippen LogP contribution is 2.19. The number of carbonyl (C=O) groups is 1. The maximum atomic E-state index is 12.3. The summed E-state index contributed by atoms with van der Waals surface area (Å²) in [5.74, 6) is 1.05. The lowest BCUT2D eigenvalue weighted by Crippen LogP contribution is -2.41. The number of likely N-dealkylation sites (tertiary alicyclic amines) is 1. The van der Waals surface area contributed by atoms with Gasteiger partial charge in [-0.25, -0.2) is 0 Å². The molecule has 1 fully saturated rings. The van der Waals surface area contributed by atoms with Gasteiger partial charge < -0.3 is 15.0 Å². The Hall–Kier alpha value is -1.55. The first-order chi connectivity index (χ1) is 9.24. The third-order valence-electron chi connectivity index (χ3n) is 3.65. The minimum atomic E-state index is 0.225. The van der Waals surface area contributed by atoms with Crippen LogP contribution in [0.2, 0.25) is 0 Å². The van der Waals surface area contributed by atoms with Crippen LogP contribution in [-0.2, 0) is 11.2 Å². The number of amides is 1. The van der Waals surface area contributed by atoms with Crippen molar-refractivity contribution >= 4 is 5.91 Å². The Morgan fingerprint density at radius 3 is 2.79 bits per heavy atom. The first-order valence-electron chi connectivity index (χ1n) is 6.81. The van der Waals surface area contributed by atoms with Gasteiger partial charge in [0.2, 0.25) is 5.91 Å². The van der Waals surface area contributed by atoms with Crippen LogP contribution in [0.1, 0.15) is 18.4 Å². The molecule has 2 rings (SSSR count). The van der Waals surface area contributed by atoms with Gasteiger partial charge >= 0.3 is 0 Å². The summed E-state index contributed by atoms with van der Waals surface area (Å²) in [5.41, 5.74) is 1.04. The third kappa shape index (κ3) is 3.47. The minimum absolute atomic E-state index is 0.225. The molecule has 0 spiro atoms. The number of rotatable bonds is 5. The predicted molar refractivity (Wildman–Crippen MR) is 75.4 cm³/mol. The molecule has 1 aliphatic heterocycles. The zero-order chi connectivity index (χ0) is 13.7. The number of hydrogen-bond acceptors (Lipinski definition) is 3. The summed E-state index contributed by atoms with van der Waals surface area (Å²) < 4.78 is 5.12. The van der Waals surface area contributed by atoms with Crippen molar-refractivity contribution in [2.24, 2.45) is 0 Å². The quantitative estimate of drug-likeness (QED) is 0.873. The lowest BCUT2D eigenvalue weighted by Gasteiger charge is -2.24. The average molecular weight is 262 g/mol. The van der Waals surface area contributed by atoms with Crippen LogP contribution in [0, 0.1) is 0 Å². The Morgan fingerprint density at radius 1 is 1.42 bits per heavy atom. The van der Waals surface area contributed by atoms with Crippen LogP contribution in [0.25, 0.3) is 0 Å². The molecule has 0 radical (unpaired) electrons. The number of ether oxygens (including phenoxy) is 1. The van der Waals surface area contributed by atoms with E-state index < -0.39 is 0 Å². The van der Waals surface area contributed by atoms with Gasteiger partial charge in [-0.2, -0.15) is 0 Å². The number of likely N-dealkylation sites (N-methyl/N-ethyl adjacent to an activating group) is 1. The highest BCUT2D eigenvalue weighted by Gasteiger charge is 2.27. The van der Waals surface area contributed by atoms with Gasteiger partial charge in [0.15, 0.2) is 0 Å². The topological polar surface area (TPSA) is 41.6 Å². The van der Waals surface area contributed by atoms with Crippen LogP contribution in [0.3, 0.4) is 0 Å².